The fourth-order valence-electron chi connectivity index (χ4n) is 1.67. The molecule has 1 aromatic rings. The average molecular weight is 317 g/mol. The zero-order valence-electron chi connectivity index (χ0n) is 12.1. The zero-order valence-corrected chi connectivity index (χ0v) is 12.9. The minimum Gasteiger partial charge on any atom is -0.465 e. The highest BCUT2D eigenvalue weighted by Crippen LogP contribution is 2.17. The van der Waals surface area contributed by atoms with Gasteiger partial charge in [0.2, 0.25) is 10.0 Å². The summed E-state index contributed by atoms with van der Waals surface area (Å²) in [6.07, 6.45) is -0.950. The van der Waals surface area contributed by atoms with E-state index in [2.05, 4.69) is 9.46 Å². The molecule has 0 fully saturated rings. The summed E-state index contributed by atoms with van der Waals surface area (Å²) in [5.74, 6) is -0.620. The fourth-order valence-corrected chi connectivity index (χ4v) is 3.01. The second-order valence-corrected chi connectivity index (χ2v) is 6.17. The Balaban J connectivity index is 2.99. The number of nitrogens with one attached hydrogen (secondary N) is 1. The van der Waals surface area contributed by atoms with Crippen LogP contribution in [0.4, 0.5) is 0 Å². The van der Waals surface area contributed by atoms with Crippen LogP contribution in [0, 0.1) is 6.92 Å². The van der Waals surface area contributed by atoms with Crippen molar-refractivity contribution in [3.63, 3.8) is 0 Å². The van der Waals surface area contributed by atoms with E-state index in [0.717, 1.165) is 0 Å². The van der Waals surface area contributed by atoms with Crippen LogP contribution in [0.15, 0.2) is 23.1 Å². The van der Waals surface area contributed by atoms with Crippen molar-refractivity contribution < 1.29 is 27.8 Å². The summed E-state index contributed by atoms with van der Waals surface area (Å²) in [7, 11) is -1.22. The molecule has 0 aliphatic carbocycles. The first kappa shape index (κ1) is 17.6. The van der Waals surface area contributed by atoms with Gasteiger partial charge in [0.05, 0.1) is 30.3 Å². The lowest BCUT2D eigenvalue weighted by molar-refractivity contribution is 0.0600. The third-order valence-electron chi connectivity index (χ3n) is 2.77. The Morgan fingerprint density at radius 3 is 2.62 bits per heavy atom. The van der Waals surface area contributed by atoms with Crippen molar-refractivity contribution in [2.75, 3.05) is 27.4 Å². The lowest BCUT2D eigenvalue weighted by Crippen LogP contribution is -2.34. The minimum absolute atomic E-state index is 0.0176. The number of aliphatic hydroxyl groups excluding tert-OH is 1. The van der Waals surface area contributed by atoms with Crippen LogP contribution in [-0.2, 0) is 19.5 Å². The van der Waals surface area contributed by atoms with Crippen LogP contribution in [-0.4, -0.2) is 53.0 Å². The van der Waals surface area contributed by atoms with E-state index in [0.29, 0.717) is 5.56 Å². The van der Waals surface area contributed by atoms with Crippen molar-refractivity contribution >= 4 is 16.0 Å². The highest BCUT2D eigenvalue weighted by Gasteiger charge is 2.20. The Labute approximate surface area is 123 Å². The van der Waals surface area contributed by atoms with Gasteiger partial charge in [0, 0.05) is 13.7 Å². The van der Waals surface area contributed by atoms with Gasteiger partial charge in [0.1, 0.15) is 0 Å². The molecule has 1 aromatic carbocycles. The number of esters is 1. The van der Waals surface area contributed by atoms with Gasteiger partial charge in [-0.1, -0.05) is 6.07 Å². The van der Waals surface area contributed by atoms with Crippen LogP contribution in [0.1, 0.15) is 15.9 Å². The van der Waals surface area contributed by atoms with E-state index in [1.165, 1.54) is 32.4 Å². The Kier molecular flexibility index (Phi) is 6.28. The summed E-state index contributed by atoms with van der Waals surface area (Å²) in [6.45, 7) is 1.45. The second-order valence-electron chi connectivity index (χ2n) is 4.43. The monoisotopic (exact) mass is 317 g/mol. The molecule has 0 aliphatic heterocycles. The number of methoxy groups -OCH3 is 2. The highest BCUT2D eigenvalue weighted by atomic mass is 32.2. The van der Waals surface area contributed by atoms with E-state index in [-0.39, 0.29) is 23.6 Å². The maximum atomic E-state index is 12.2. The van der Waals surface area contributed by atoms with Gasteiger partial charge in [-0.05, 0) is 24.6 Å². The average Bonchev–Trinajstić information content (AvgIpc) is 2.45. The molecule has 7 nitrogen and oxygen atoms in total. The number of benzene rings is 1. The zero-order chi connectivity index (χ0) is 16.0. The molecular formula is C13H19NO6S. The number of hydrogen-bond donors (Lipinski definition) is 2. The molecule has 0 saturated heterocycles. The van der Waals surface area contributed by atoms with Crippen molar-refractivity contribution in [1.82, 2.24) is 4.72 Å². The summed E-state index contributed by atoms with van der Waals surface area (Å²) in [5.41, 5.74) is 0.622. The number of carbonyl (C=O) groups excluding carboxylic acids is 1. The molecule has 1 rings (SSSR count). The number of aliphatic hydroxyl groups is 1. The number of aryl methyl sites for hydroxylation is 1. The Hall–Kier alpha value is -1.48. The van der Waals surface area contributed by atoms with Crippen molar-refractivity contribution in [3.8, 4) is 0 Å². The molecule has 0 aromatic heterocycles. The van der Waals surface area contributed by atoms with E-state index in [9.17, 15) is 18.3 Å². The topological polar surface area (TPSA) is 102 Å². The van der Waals surface area contributed by atoms with Gasteiger partial charge < -0.3 is 14.6 Å². The summed E-state index contributed by atoms with van der Waals surface area (Å²) < 4.78 is 36.0. The molecule has 1 atom stereocenters. The standard InChI is InChI=1S/C13H19NO6S/c1-9-4-5-10(13(16)20-3)6-12(9)21(17,18)14-7-11(15)8-19-2/h4-6,11,14-15H,7-8H2,1-3H3. The van der Waals surface area contributed by atoms with Gasteiger partial charge in [-0.25, -0.2) is 17.9 Å². The van der Waals surface area contributed by atoms with E-state index in [4.69, 9.17) is 4.74 Å². The van der Waals surface area contributed by atoms with Crippen LogP contribution in [0.5, 0.6) is 0 Å². The highest BCUT2D eigenvalue weighted by molar-refractivity contribution is 7.89. The molecular weight excluding hydrogens is 298 g/mol. The third-order valence-corrected chi connectivity index (χ3v) is 4.33. The van der Waals surface area contributed by atoms with Gasteiger partial charge in [0.25, 0.3) is 0 Å². The second kappa shape index (κ2) is 7.51. The SMILES string of the molecule is COCC(O)CNS(=O)(=O)c1cc(C(=O)OC)ccc1C. The summed E-state index contributed by atoms with van der Waals surface area (Å²) in [6, 6.07) is 4.25. The summed E-state index contributed by atoms with van der Waals surface area (Å²) >= 11 is 0. The van der Waals surface area contributed by atoms with Crippen LogP contribution in [0.25, 0.3) is 0 Å². The van der Waals surface area contributed by atoms with Gasteiger partial charge in [-0.15, -0.1) is 0 Å². The lowest BCUT2D eigenvalue weighted by atomic mass is 10.1. The van der Waals surface area contributed by atoms with Crippen molar-refractivity contribution in [2.24, 2.45) is 0 Å². The molecule has 118 valence electrons. The van der Waals surface area contributed by atoms with Gasteiger partial charge in [0.15, 0.2) is 0 Å². The number of hydrogen-bond acceptors (Lipinski definition) is 6. The third kappa shape index (κ3) is 4.78. The first-order valence-corrected chi connectivity index (χ1v) is 7.65. The molecule has 0 spiro atoms. The molecule has 0 bridgehead atoms. The number of ether oxygens (including phenoxy) is 2. The van der Waals surface area contributed by atoms with Crippen LogP contribution >= 0.6 is 0 Å². The van der Waals surface area contributed by atoms with Crippen molar-refractivity contribution in [3.05, 3.63) is 29.3 Å². The van der Waals surface area contributed by atoms with E-state index in [1.54, 1.807) is 6.92 Å². The van der Waals surface area contributed by atoms with Gasteiger partial charge in [-0.3, -0.25) is 0 Å². The molecule has 0 aliphatic rings. The number of rotatable bonds is 7. The number of carbonyl (C=O) groups is 1. The van der Waals surface area contributed by atoms with Gasteiger partial charge >= 0.3 is 5.97 Å². The normalized spacial score (nSPS) is 13.0. The number of sulfonamides is 1. The molecule has 0 heterocycles. The predicted molar refractivity (Wildman–Crippen MR) is 75.6 cm³/mol. The Morgan fingerprint density at radius 2 is 2.05 bits per heavy atom. The fraction of sp³-hybridized carbons (Fsp3) is 0.462. The minimum atomic E-state index is -3.84. The largest absolute Gasteiger partial charge is 0.465 e. The maximum absolute atomic E-state index is 12.2. The van der Waals surface area contributed by atoms with E-state index >= 15 is 0 Å². The Bertz CT molecular complexity index is 599. The predicted octanol–water partition coefficient (Wildman–Crippen LogP) is 0.0672. The molecule has 1 unspecified atom stereocenters. The quantitative estimate of drug-likeness (QED) is 0.690. The maximum Gasteiger partial charge on any atom is 0.337 e. The van der Waals surface area contributed by atoms with Crippen molar-refractivity contribution in [1.29, 1.82) is 0 Å². The summed E-state index contributed by atoms with van der Waals surface area (Å²) in [4.78, 5) is 11.4. The van der Waals surface area contributed by atoms with Crippen LogP contribution in [0.2, 0.25) is 0 Å². The smallest absolute Gasteiger partial charge is 0.337 e. The van der Waals surface area contributed by atoms with E-state index in [1.807, 2.05) is 0 Å². The first-order valence-electron chi connectivity index (χ1n) is 6.17. The lowest BCUT2D eigenvalue weighted by Gasteiger charge is -2.13. The molecule has 0 radical (unpaired) electrons. The first-order chi connectivity index (χ1) is 9.81. The van der Waals surface area contributed by atoms with E-state index < -0.39 is 22.1 Å². The molecule has 2 N–H and O–H groups in total. The Morgan fingerprint density at radius 1 is 1.38 bits per heavy atom. The molecule has 0 amide bonds. The van der Waals surface area contributed by atoms with Crippen molar-refractivity contribution in [2.45, 2.75) is 17.9 Å². The molecule has 0 saturated carbocycles. The van der Waals surface area contributed by atoms with Gasteiger partial charge in [-0.2, -0.15) is 0 Å². The molecule has 21 heavy (non-hydrogen) atoms. The van der Waals surface area contributed by atoms with Crippen LogP contribution < -0.4 is 4.72 Å². The van der Waals surface area contributed by atoms with Crippen LogP contribution in [0.3, 0.4) is 0 Å². The summed E-state index contributed by atoms with van der Waals surface area (Å²) in [5, 5.41) is 9.48. The molecule has 8 heteroatoms.